The fraction of sp³-hybridized carbons (Fsp3) is 0.632. The molecule has 5 atom stereocenters. The first-order chi connectivity index (χ1) is 15.7. The molecule has 34 heavy (non-hydrogen) atoms. The second-order valence-electron chi connectivity index (χ2n) is 7.71. The molecule has 0 aromatic carbocycles. The highest BCUT2D eigenvalue weighted by atomic mass is 16.4. The Kier molecular flexibility index (Phi) is 12.8. The molecule has 0 saturated carbocycles. The van der Waals surface area contributed by atoms with Crippen molar-refractivity contribution >= 4 is 41.5 Å². The molecule has 0 aliphatic heterocycles. The van der Waals surface area contributed by atoms with Gasteiger partial charge in [0.1, 0.15) is 18.1 Å². The van der Waals surface area contributed by atoms with E-state index in [0.717, 1.165) is 0 Å². The molecule has 0 fully saturated rings. The molecule has 5 amide bonds. The van der Waals surface area contributed by atoms with E-state index in [1.165, 1.54) is 0 Å². The molecule has 0 aromatic heterocycles. The van der Waals surface area contributed by atoms with Gasteiger partial charge in [0, 0.05) is 6.42 Å². The summed E-state index contributed by atoms with van der Waals surface area (Å²) in [6.07, 6.45) is -1.86. The number of aliphatic carboxylic acids is 2. The van der Waals surface area contributed by atoms with Crippen LogP contribution in [0.1, 0.15) is 46.0 Å². The Hall–Kier alpha value is -3.75. The van der Waals surface area contributed by atoms with Gasteiger partial charge in [-0.15, -0.1) is 0 Å². The normalized spacial score (nSPS) is 15.0. The van der Waals surface area contributed by atoms with Crippen molar-refractivity contribution in [3.8, 4) is 0 Å². The van der Waals surface area contributed by atoms with Gasteiger partial charge in [-0.2, -0.15) is 0 Å². The van der Waals surface area contributed by atoms with Crippen molar-refractivity contribution in [1.82, 2.24) is 16.0 Å². The van der Waals surface area contributed by atoms with Crippen molar-refractivity contribution in [1.29, 1.82) is 0 Å². The average Bonchev–Trinajstić information content (AvgIpc) is 2.73. The highest BCUT2D eigenvalue weighted by molar-refractivity contribution is 5.96. The molecule has 0 bridgehead atoms. The molecule has 0 spiro atoms. The Bertz CT molecular complexity index is 803. The fourth-order valence-electron chi connectivity index (χ4n) is 2.67. The molecule has 5 unspecified atom stereocenters. The van der Waals surface area contributed by atoms with Crippen LogP contribution in [-0.4, -0.2) is 75.9 Å². The number of carbonyl (C=O) groups is 7. The molecule has 15 heteroatoms. The van der Waals surface area contributed by atoms with Crippen LogP contribution in [0.15, 0.2) is 0 Å². The number of nitrogens with one attached hydrogen (secondary N) is 3. The lowest BCUT2D eigenvalue weighted by Crippen LogP contribution is -2.58. The van der Waals surface area contributed by atoms with Crippen molar-refractivity contribution in [2.75, 3.05) is 0 Å². The number of hydrogen-bond acceptors (Lipinski definition) is 8. The van der Waals surface area contributed by atoms with Crippen molar-refractivity contribution in [3.05, 3.63) is 0 Å². The number of amides is 5. The summed E-state index contributed by atoms with van der Waals surface area (Å²) in [5, 5.41) is 24.5. The molecule has 0 radical (unpaired) electrons. The van der Waals surface area contributed by atoms with Crippen molar-refractivity contribution in [2.45, 2.75) is 70.1 Å². The molecule has 0 rings (SSSR count). The zero-order valence-electron chi connectivity index (χ0n) is 18.9. The molecule has 0 aliphatic rings. The highest BCUT2D eigenvalue weighted by Gasteiger charge is 2.32. The number of rotatable bonds is 16. The average molecular weight is 488 g/mol. The van der Waals surface area contributed by atoms with Gasteiger partial charge in [0.15, 0.2) is 0 Å². The summed E-state index contributed by atoms with van der Waals surface area (Å²) < 4.78 is 0. The number of nitrogens with two attached hydrogens (primary N) is 3. The summed E-state index contributed by atoms with van der Waals surface area (Å²) in [5.74, 6) is -8.11. The number of carboxylic acid groups (broad SMARTS) is 2. The lowest BCUT2D eigenvalue weighted by molar-refractivity contribution is -0.144. The smallest absolute Gasteiger partial charge is 0.326 e. The van der Waals surface area contributed by atoms with Crippen LogP contribution in [0.4, 0.5) is 0 Å². The Labute approximate surface area is 195 Å². The Morgan fingerprint density at radius 1 is 0.765 bits per heavy atom. The molecule has 0 aliphatic carbocycles. The Morgan fingerprint density at radius 3 is 1.65 bits per heavy atom. The van der Waals surface area contributed by atoms with Crippen molar-refractivity contribution in [3.63, 3.8) is 0 Å². The maximum atomic E-state index is 12.8. The summed E-state index contributed by atoms with van der Waals surface area (Å²) in [5.41, 5.74) is 15.9. The quantitative estimate of drug-likeness (QED) is 0.106. The minimum absolute atomic E-state index is 0.255. The second-order valence-corrected chi connectivity index (χ2v) is 7.71. The van der Waals surface area contributed by atoms with Crippen molar-refractivity contribution < 1.29 is 43.8 Å². The third-order valence-corrected chi connectivity index (χ3v) is 4.90. The third-order valence-electron chi connectivity index (χ3n) is 4.90. The predicted molar refractivity (Wildman–Crippen MR) is 115 cm³/mol. The minimum atomic E-state index is -1.74. The van der Waals surface area contributed by atoms with Crippen molar-refractivity contribution in [2.24, 2.45) is 23.1 Å². The van der Waals surface area contributed by atoms with Gasteiger partial charge in [-0.25, -0.2) is 4.79 Å². The van der Waals surface area contributed by atoms with Gasteiger partial charge in [0.25, 0.3) is 0 Å². The van der Waals surface area contributed by atoms with E-state index >= 15 is 0 Å². The Morgan fingerprint density at radius 2 is 1.21 bits per heavy atom. The van der Waals surface area contributed by atoms with Crippen LogP contribution in [0.3, 0.4) is 0 Å². The van der Waals surface area contributed by atoms with Gasteiger partial charge >= 0.3 is 11.9 Å². The van der Waals surface area contributed by atoms with Crippen LogP contribution >= 0.6 is 0 Å². The number of primary amides is 2. The van der Waals surface area contributed by atoms with Crippen LogP contribution in [0, 0.1) is 5.92 Å². The van der Waals surface area contributed by atoms with E-state index < -0.39 is 84.9 Å². The molecule has 0 saturated heterocycles. The van der Waals surface area contributed by atoms with E-state index in [9.17, 15) is 33.6 Å². The molecule has 0 aromatic rings. The molecule has 192 valence electrons. The zero-order chi connectivity index (χ0) is 26.6. The van der Waals surface area contributed by atoms with Crippen LogP contribution in [0.25, 0.3) is 0 Å². The fourth-order valence-corrected chi connectivity index (χ4v) is 2.67. The molecule has 11 N–H and O–H groups in total. The first kappa shape index (κ1) is 30.2. The molecular formula is C19H32N6O9. The van der Waals surface area contributed by atoms with E-state index in [2.05, 4.69) is 10.6 Å². The molecule has 0 heterocycles. The van der Waals surface area contributed by atoms with Gasteiger partial charge in [0.05, 0.1) is 18.9 Å². The first-order valence-electron chi connectivity index (χ1n) is 10.4. The molecule has 15 nitrogen and oxygen atoms in total. The number of carboxylic acids is 2. The number of carbonyl (C=O) groups excluding carboxylic acids is 5. The van der Waals surface area contributed by atoms with Gasteiger partial charge in [-0.1, -0.05) is 20.3 Å². The maximum absolute atomic E-state index is 12.8. The van der Waals surface area contributed by atoms with E-state index in [1.807, 2.05) is 5.32 Å². The molecular weight excluding hydrogens is 456 g/mol. The standard InChI is InChI=1S/C19H32N6O9/c1-3-8(2)15(22)18(32)23-9(4-5-14(28)29)16(30)24-10(6-12(20)26)17(31)25-11(19(33)34)7-13(21)27/h8-11,15H,3-7,22H2,1-2H3,(H2,20,26)(H2,21,27)(H,23,32)(H,24,30)(H,25,31)(H,28,29)(H,33,34). The van der Waals surface area contributed by atoms with E-state index in [0.29, 0.717) is 6.42 Å². The predicted octanol–water partition coefficient (Wildman–Crippen LogP) is -3.49. The maximum Gasteiger partial charge on any atom is 0.326 e. The topological polar surface area (TPSA) is 274 Å². The summed E-state index contributed by atoms with van der Waals surface area (Å²) in [6, 6.07) is -5.87. The monoisotopic (exact) mass is 488 g/mol. The van der Waals surface area contributed by atoms with Crippen LogP contribution < -0.4 is 33.2 Å². The first-order valence-corrected chi connectivity index (χ1v) is 10.4. The minimum Gasteiger partial charge on any atom is -0.481 e. The van der Waals surface area contributed by atoms with E-state index in [-0.39, 0.29) is 12.3 Å². The summed E-state index contributed by atoms with van der Waals surface area (Å²) in [7, 11) is 0. The van der Waals surface area contributed by atoms with E-state index in [1.54, 1.807) is 13.8 Å². The Balaban J connectivity index is 5.64. The van der Waals surface area contributed by atoms with Gasteiger partial charge in [-0.3, -0.25) is 28.8 Å². The SMILES string of the molecule is CCC(C)C(N)C(=O)NC(CCC(=O)O)C(=O)NC(CC(N)=O)C(=O)NC(CC(N)=O)C(=O)O. The van der Waals surface area contributed by atoms with Crippen LogP contribution in [-0.2, 0) is 33.6 Å². The third kappa shape index (κ3) is 11.2. The van der Waals surface area contributed by atoms with Crippen LogP contribution in [0.5, 0.6) is 0 Å². The van der Waals surface area contributed by atoms with E-state index in [4.69, 9.17) is 27.4 Å². The highest BCUT2D eigenvalue weighted by Crippen LogP contribution is 2.07. The summed E-state index contributed by atoms with van der Waals surface area (Å²) in [4.78, 5) is 82.3. The lowest BCUT2D eigenvalue weighted by Gasteiger charge is -2.25. The van der Waals surface area contributed by atoms with Gasteiger partial charge in [0.2, 0.25) is 29.5 Å². The zero-order valence-corrected chi connectivity index (χ0v) is 18.9. The number of hydrogen-bond donors (Lipinski definition) is 8. The summed E-state index contributed by atoms with van der Waals surface area (Å²) in [6.45, 7) is 3.50. The lowest BCUT2D eigenvalue weighted by atomic mass is 9.98. The van der Waals surface area contributed by atoms with Crippen LogP contribution in [0.2, 0.25) is 0 Å². The van der Waals surface area contributed by atoms with Gasteiger partial charge in [-0.05, 0) is 12.3 Å². The largest absolute Gasteiger partial charge is 0.481 e. The summed E-state index contributed by atoms with van der Waals surface area (Å²) >= 11 is 0. The second kappa shape index (κ2) is 14.4. The van der Waals surface area contributed by atoms with Gasteiger partial charge < -0.3 is 43.4 Å².